The van der Waals surface area contributed by atoms with Crippen molar-refractivity contribution in [2.45, 2.75) is 45.1 Å². The Bertz CT molecular complexity index is 924. The third-order valence-corrected chi connectivity index (χ3v) is 4.93. The third-order valence-electron chi connectivity index (χ3n) is 4.93. The zero-order chi connectivity index (χ0) is 19.2. The van der Waals surface area contributed by atoms with Gasteiger partial charge in [0.05, 0.1) is 23.7 Å². The Morgan fingerprint density at radius 2 is 1.96 bits per heavy atom. The monoisotopic (exact) mass is 356 g/mol. The van der Waals surface area contributed by atoms with E-state index in [2.05, 4.69) is 6.58 Å². The fourth-order valence-corrected chi connectivity index (χ4v) is 3.72. The van der Waals surface area contributed by atoms with Gasteiger partial charge in [-0.3, -0.25) is 4.79 Å². The molecule has 26 heavy (non-hydrogen) atoms. The molecule has 0 fully saturated rings. The Balaban J connectivity index is 2.27. The first kappa shape index (κ1) is 18.3. The van der Waals surface area contributed by atoms with Crippen molar-refractivity contribution >= 4 is 16.6 Å². The quantitative estimate of drug-likeness (QED) is 0.728. The number of hydrogen-bond donors (Lipinski definition) is 3. The number of rotatable bonds is 4. The summed E-state index contributed by atoms with van der Waals surface area (Å²) in [6.07, 6.45) is 1.39. The number of ether oxygens (including phenoxy) is 1. The molecule has 0 heterocycles. The van der Waals surface area contributed by atoms with E-state index >= 15 is 0 Å². The Kier molecular flexibility index (Phi) is 4.44. The fourth-order valence-electron chi connectivity index (χ4n) is 3.72. The van der Waals surface area contributed by atoms with Crippen LogP contribution in [0.3, 0.4) is 0 Å². The van der Waals surface area contributed by atoms with Gasteiger partial charge in [-0.15, -0.1) is 6.58 Å². The molecule has 0 bridgehead atoms. The average Bonchev–Trinajstić information content (AvgIpc) is 2.51. The van der Waals surface area contributed by atoms with Crippen LogP contribution in [-0.4, -0.2) is 33.8 Å². The summed E-state index contributed by atoms with van der Waals surface area (Å²) in [4.78, 5) is 12.5. The Labute approximate surface area is 152 Å². The second-order valence-corrected chi connectivity index (χ2v) is 7.49. The van der Waals surface area contributed by atoms with E-state index in [1.807, 2.05) is 6.92 Å². The van der Waals surface area contributed by atoms with Crippen LogP contribution in [0.25, 0.3) is 10.8 Å². The molecule has 0 radical (unpaired) electrons. The third kappa shape index (κ3) is 3.03. The molecule has 0 aliphatic heterocycles. The summed E-state index contributed by atoms with van der Waals surface area (Å²) in [7, 11) is 1.53. The van der Waals surface area contributed by atoms with Gasteiger partial charge >= 0.3 is 0 Å². The Morgan fingerprint density at radius 3 is 2.58 bits per heavy atom. The molecule has 0 saturated carbocycles. The molecule has 1 aliphatic carbocycles. The van der Waals surface area contributed by atoms with Gasteiger partial charge in [-0.1, -0.05) is 5.57 Å². The van der Waals surface area contributed by atoms with Crippen LogP contribution in [-0.2, 0) is 12.8 Å². The van der Waals surface area contributed by atoms with Crippen LogP contribution < -0.4 is 4.74 Å². The number of benzene rings is 2. The molecule has 0 aromatic heterocycles. The second-order valence-electron chi connectivity index (χ2n) is 7.49. The summed E-state index contributed by atoms with van der Waals surface area (Å²) < 4.78 is 5.42. The number of methoxy groups -OCH3 is 1. The molecule has 5 nitrogen and oxygen atoms in total. The van der Waals surface area contributed by atoms with Crippen LogP contribution in [0.4, 0.5) is 0 Å². The van der Waals surface area contributed by atoms with Crippen molar-refractivity contribution in [3.63, 3.8) is 0 Å². The van der Waals surface area contributed by atoms with Crippen molar-refractivity contribution in [3.8, 4) is 17.2 Å². The highest BCUT2D eigenvalue weighted by molar-refractivity contribution is 6.09. The summed E-state index contributed by atoms with van der Waals surface area (Å²) in [5.41, 5.74) is 1.17. The minimum absolute atomic E-state index is 0.0570. The number of hydrogen-bond acceptors (Lipinski definition) is 5. The van der Waals surface area contributed by atoms with E-state index in [1.165, 1.54) is 7.11 Å². The average molecular weight is 356 g/mol. The first-order valence-corrected chi connectivity index (χ1v) is 8.62. The summed E-state index contributed by atoms with van der Waals surface area (Å²) in [6.45, 7) is 7.39. The van der Waals surface area contributed by atoms with Crippen molar-refractivity contribution in [2.75, 3.05) is 7.11 Å². The largest absolute Gasteiger partial charge is 0.507 e. The molecule has 138 valence electrons. The van der Waals surface area contributed by atoms with Crippen LogP contribution in [0, 0.1) is 0 Å². The smallest absolute Gasteiger partial charge is 0.169 e. The van der Waals surface area contributed by atoms with Gasteiger partial charge in [0.15, 0.2) is 5.78 Å². The molecule has 3 N–H and O–H groups in total. The van der Waals surface area contributed by atoms with E-state index in [4.69, 9.17) is 4.74 Å². The van der Waals surface area contributed by atoms with Crippen molar-refractivity contribution in [2.24, 2.45) is 0 Å². The zero-order valence-electron chi connectivity index (χ0n) is 15.3. The lowest BCUT2D eigenvalue weighted by atomic mass is 9.79. The number of fused-ring (bicyclic) bond motifs is 2. The number of carbonyl (C=O) groups excluding carboxylic acids is 1. The normalized spacial score (nSPS) is 19.5. The predicted octanol–water partition coefficient (Wildman–Crippen LogP) is 3.65. The highest BCUT2D eigenvalue weighted by Crippen LogP contribution is 2.46. The maximum atomic E-state index is 12.5. The molecule has 1 unspecified atom stereocenters. The number of ketones is 1. The number of phenols is 2. The first-order valence-electron chi connectivity index (χ1n) is 8.62. The molecule has 1 aliphatic rings. The number of allylic oxidation sites excluding steroid dienone is 1. The number of aliphatic hydroxyl groups is 1. The van der Waals surface area contributed by atoms with Gasteiger partial charge in [-0.05, 0) is 49.8 Å². The van der Waals surface area contributed by atoms with Gasteiger partial charge in [0.2, 0.25) is 0 Å². The molecule has 5 heteroatoms. The summed E-state index contributed by atoms with van der Waals surface area (Å²) in [5, 5.41) is 32.7. The SMILES string of the molecule is C=C(C)CCc1c(OC)cc2cc3c(c(O)c2c1O)C(=O)CC(C)(O)C3. The zero-order valence-corrected chi connectivity index (χ0v) is 15.3. The summed E-state index contributed by atoms with van der Waals surface area (Å²) in [6, 6.07) is 3.48. The standard InChI is InChI=1S/C21H24O5/c1-11(2)5-6-14-16(26-4)8-12-7-13-9-21(3,25)10-15(22)17(13)20(24)18(12)19(14)23/h7-8,23-25H,1,5-6,9-10H2,2-4H3. The van der Waals surface area contributed by atoms with Gasteiger partial charge in [-0.25, -0.2) is 0 Å². The number of aromatic hydroxyl groups is 2. The molecule has 3 rings (SSSR count). The molecule has 2 aromatic rings. The minimum atomic E-state index is -1.14. The number of Topliss-reactive ketones (excluding diaryl/α,β-unsaturated/α-hetero) is 1. The van der Waals surface area contributed by atoms with Gasteiger partial charge in [0, 0.05) is 18.4 Å². The minimum Gasteiger partial charge on any atom is -0.507 e. The van der Waals surface area contributed by atoms with Crippen molar-refractivity contribution < 1.29 is 24.9 Å². The van der Waals surface area contributed by atoms with Gasteiger partial charge in [0.25, 0.3) is 0 Å². The van der Waals surface area contributed by atoms with Crippen LogP contribution in [0.1, 0.15) is 48.2 Å². The van der Waals surface area contributed by atoms with Crippen LogP contribution >= 0.6 is 0 Å². The Hall–Kier alpha value is -2.53. The number of phenolic OH excluding ortho intramolecular Hbond substituents is 2. The summed E-state index contributed by atoms with van der Waals surface area (Å²) >= 11 is 0. The second kappa shape index (κ2) is 6.32. The van der Waals surface area contributed by atoms with E-state index in [1.54, 1.807) is 19.1 Å². The molecular formula is C21H24O5. The van der Waals surface area contributed by atoms with E-state index in [0.717, 1.165) is 5.57 Å². The molecule has 0 saturated heterocycles. The number of carbonyl (C=O) groups is 1. The van der Waals surface area contributed by atoms with Gasteiger partial charge in [-0.2, -0.15) is 0 Å². The van der Waals surface area contributed by atoms with Crippen molar-refractivity contribution in [1.82, 2.24) is 0 Å². The molecule has 1 atom stereocenters. The predicted molar refractivity (Wildman–Crippen MR) is 100 cm³/mol. The van der Waals surface area contributed by atoms with Crippen molar-refractivity contribution in [3.05, 3.63) is 41.0 Å². The maximum absolute atomic E-state index is 12.5. The van der Waals surface area contributed by atoms with E-state index in [0.29, 0.717) is 35.1 Å². The molecule has 0 spiro atoms. The van der Waals surface area contributed by atoms with Gasteiger partial charge < -0.3 is 20.1 Å². The lowest BCUT2D eigenvalue weighted by molar-refractivity contribution is 0.0409. The highest BCUT2D eigenvalue weighted by Gasteiger charge is 2.36. The van der Waals surface area contributed by atoms with Gasteiger partial charge in [0.1, 0.15) is 17.2 Å². The topological polar surface area (TPSA) is 87.0 Å². The Morgan fingerprint density at radius 1 is 1.27 bits per heavy atom. The van der Waals surface area contributed by atoms with E-state index in [9.17, 15) is 20.1 Å². The molecule has 0 amide bonds. The molecule has 2 aromatic carbocycles. The van der Waals surface area contributed by atoms with E-state index < -0.39 is 5.60 Å². The van der Waals surface area contributed by atoms with Crippen molar-refractivity contribution in [1.29, 1.82) is 0 Å². The summed E-state index contributed by atoms with van der Waals surface area (Å²) in [5.74, 6) is -0.111. The van der Waals surface area contributed by atoms with E-state index in [-0.39, 0.29) is 41.1 Å². The van der Waals surface area contributed by atoms with Crippen LogP contribution in [0.15, 0.2) is 24.3 Å². The van der Waals surface area contributed by atoms with Crippen LogP contribution in [0.5, 0.6) is 17.2 Å². The first-order chi connectivity index (χ1) is 12.1. The lowest BCUT2D eigenvalue weighted by Gasteiger charge is -2.30. The maximum Gasteiger partial charge on any atom is 0.169 e. The highest BCUT2D eigenvalue weighted by atomic mass is 16.5. The lowest BCUT2D eigenvalue weighted by Crippen LogP contribution is -2.35. The fraction of sp³-hybridized carbons (Fsp3) is 0.381. The molecular weight excluding hydrogens is 332 g/mol. The van der Waals surface area contributed by atoms with Crippen LogP contribution in [0.2, 0.25) is 0 Å².